The molecule has 2 aromatic heterocycles. The summed E-state index contributed by atoms with van der Waals surface area (Å²) in [5, 5.41) is 2.46. The van der Waals surface area contributed by atoms with E-state index in [4.69, 9.17) is 4.74 Å². The minimum atomic E-state index is 0.386. The first-order valence-electron chi connectivity index (χ1n) is 14.3. The van der Waals surface area contributed by atoms with Gasteiger partial charge in [0.05, 0.1) is 16.7 Å². The van der Waals surface area contributed by atoms with Crippen molar-refractivity contribution in [3.8, 4) is 33.8 Å². The van der Waals surface area contributed by atoms with Crippen LogP contribution in [0.3, 0.4) is 0 Å². The predicted molar refractivity (Wildman–Crippen MR) is 169 cm³/mol. The number of rotatable bonds is 3. The Kier molecular flexibility index (Phi) is 4.99. The minimum Gasteiger partial charge on any atom is -0.456 e. The first-order chi connectivity index (χ1) is 20.8. The smallest absolute Gasteiger partial charge is 0.135 e. The van der Waals surface area contributed by atoms with Gasteiger partial charge in [0.2, 0.25) is 0 Å². The summed E-state index contributed by atoms with van der Waals surface area (Å²) in [6, 6.07) is 32.6. The molecule has 3 heterocycles. The van der Waals surface area contributed by atoms with E-state index in [1.807, 2.05) is 6.07 Å². The lowest BCUT2D eigenvalue weighted by Crippen LogP contribution is -2.18. The van der Waals surface area contributed by atoms with Gasteiger partial charge in [-0.2, -0.15) is 0 Å². The van der Waals surface area contributed by atoms with Crippen LogP contribution in [0.1, 0.15) is 12.0 Å². The Bertz CT molecular complexity index is 2200. The Labute approximate surface area is 243 Å². The number of hydrogen-bond acceptors (Lipinski definition) is 3. The molecule has 0 bridgehead atoms. The van der Waals surface area contributed by atoms with E-state index in [2.05, 4.69) is 130 Å². The van der Waals surface area contributed by atoms with Gasteiger partial charge in [-0.1, -0.05) is 66.8 Å². The first kappa shape index (κ1) is 23.2. The van der Waals surface area contributed by atoms with Gasteiger partial charge in [-0.25, -0.2) is 9.97 Å². The number of nitrogens with zero attached hydrogens (tertiary/aromatic N) is 3. The van der Waals surface area contributed by atoms with E-state index in [0.29, 0.717) is 5.92 Å². The molecule has 4 heteroatoms. The van der Waals surface area contributed by atoms with Crippen LogP contribution in [0.15, 0.2) is 145 Å². The van der Waals surface area contributed by atoms with E-state index in [-0.39, 0.29) is 0 Å². The number of hydrogen-bond donors (Lipinski definition) is 0. The first-order valence-corrected chi connectivity index (χ1v) is 14.3. The van der Waals surface area contributed by atoms with Crippen molar-refractivity contribution in [3.63, 3.8) is 0 Å². The van der Waals surface area contributed by atoms with Crippen molar-refractivity contribution in [1.29, 1.82) is 0 Å². The molecule has 4 nitrogen and oxygen atoms in total. The molecule has 4 aromatic carbocycles. The zero-order valence-electron chi connectivity index (χ0n) is 22.7. The molecule has 0 radical (unpaired) electrons. The molecule has 3 aliphatic rings. The highest BCUT2D eigenvalue weighted by Gasteiger charge is 2.31. The summed E-state index contributed by atoms with van der Waals surface area (Å²) >= 11 is 0. The SMILES string of the molecule is C1=CC2CC=CC3=C2C(=C1)Oc1ccc(-c2ccc4c(c2)c2ccccc2n4-c2cccc(-c4ccncn4)c2)cc13. The lowest BCUT2D eigenvalue weighted by atomic mass is 9.79. The average molecular weight is 540 g/mol. The molecule has 0 spiro atoms. The van der Waals surface area contributed by atoms with Crippen LogP contribution in [0.5, 0.6) is 5.75 Å². The van der Waals surface area contributed by atoms with Gasteiger partial charge in [0.15, 0.2) is 0 Å². The fourth-order valence-electron chi connectivity index (χ4n) is 6.74. The Morgan fingerprint density at radius 3 is 2.64 bits per heavy atom. The number of ether oxygens (including phenoxy) is 1. The molecule has 0 amide bonds. The largest absolute Gasteiger partial charge is 0.456 e. The predicted octanol–water partition coefficient (Wildman–Crippen LogP) is 9.08. The van der Waals surface area contributed by atoms with Crippen molar-refractivity contribution in [2.75, 3.05) is 0 Å². The van der Waals surface area contributed by atoms with Gasteiger partial charge in [0.1, 0.15) is 17.8 Å². The molecule has 9 rings (SSSR count). The Balaban J connectivity index is 1.20. The molecule has 0 N–H and O–H groups in total. The minimum absolute atomic E-state index is 0.386. The van der Waals surface area contributed by atoms with Crippen LogP contribution in [0.25, 0.3) is 55.5 Å². The maximum Gasteiger partial charge on any atom is 0.135 e. The van der Waals surface area contributed by atoms with E-state index >= 15 is 0 Å². The molecule has 1 aliphatic heterocycles. The maximum atomic E-state index is 6.39. The van der Waals surface area contributed by atoms with Crippen molar-refractivity contribution in [3.05, 3.63) is 151 Å². The van der Waals surface area contributed by atoms with Gasteiger partial charge in [0.25, 0.3) is 0 Å². The highest BCUT2D eigenvalue weighted by atomic mass is 16.5. The molecular weight excluding hydrogens is 514 g/mol. The van der Waals surface area contributed by atoms with Crippen LogP contribution in [-0.2, 0) is 0 Å². The molecule has 0 fully saturated rings. The molecule has 42 heavy (non-hydrogen) atoms. The molecule has 1 unspecified atom stereocenters. The molecule has 198 valence electrons. The van der Waals surface area contributed by atoms with Crippen molar-refractivity contribution in [2.24, 2.45) is 5.92 Å². The van der Waals surface area contributed by atoms with Crippen LogP contribution < -0.4 is 4.74 Å². The Hall–Kier alpha value is -5.48. The lowest BCUT2D eigenvalue weighted by Gasteiger charge is -2.32. The average Bonchev–Trinajstić information content (AvgIpc) is 3.39. The summed E-state index contributed by atoms with van der Waals surface area (Å²) in [6.45, 7) is 0. The van der Waals surface area contributed by atoms with E-state index in [1.165, 1.54) is 49.6 Å². The van der Waals surface area contributed by atoms with Crippen molar-refractivity contribution in [1.82, 2.24) is 14.5 Å². The normalized spacial score (nSPS) is 16.8. The number of benzene rings is 4. The zero-order chi connectivity index (χ0) is 27.6. The highest BCUT2D eigenvalue weighted by Crippen LogP contribution is 2.47. The van der Waals surface area contributed by atoms with Gasteiger partial charge >= 0.3 is 0 Å². The number of allylic oxidation sites excluding steroid dienone is 7. The van der Waals surface area contributed by atoms with Crippen molar-refractivity contribution >= 4 is 27.4 Å². The Morgan fingerprint density at radius 2 is 1.69 bits per heavy atom. The van der Waals surface area contributed by atoms with Gasteiger partial charge in [-0.15, -0.1) is 0 Å². The van der Waals surface area contributed by atoms with E-state index in [0.717, 1.165) is 34.9 Å². The van der Waals surface area contributed by atoms with Crippen LogP contribution in [-0.4, -0.2) is 14.5 Å². The standard InChI is InChI=1S/C38H25N3O/c1-2-12-34-29(10-1)31-21-25(14-16-35(31)41(34)28-9-3-8-27(20-28)33-18-19-39-23-40-33)26-15-17-36-32(22-26)30-11-4-6-24-7-5-13-37(42-36)38(24)30/h1-5,7-24H,6H2. The maximum absolute atomic E-state index is 6.39. The molecule has 1 atom stereocenters. The lowest BCUT2D eigenvalue weighted by molar-refractivity contribution is 0.415. The summed E-state index contributed by atoms with van der Waals surface area (Å²) in [4.78, 5) is 8.55. The molecule has 2 aliphatic carbocycles. The fourth-order valence-corrected chi connectivity index (χ4v) is 6.74. The molecular formula is C38H25N3O. The third kappa shape index (κ3) is 3.48. The summed E-state index contributed by atoms with van der Waals surface area (Å²) in [5.41, 5.74) is 11.6. The number of fused-ring (bicyclic) bond motifs is 5. The summed E-state index contributed by atoms with van der Waals surface area (Å²) in [5.74, 6) is 2.29. The fraction of sp³-hybridized carbons (Fsp3) is 0.0526. The highest BCUT2D eigenvalue weighted by molar-refractivity contribution is 6.10. The quantitative estimate of drug-likeness (QED) is 0.225. The third-order valence-corrected chi connectivity index (χ3v) is 8.67. The third-order valence-electron chi connectivity index (χ3n) is 8.67. The summed E-state index contributed by atoms with van der Waals surface area (Å²) in [6.07, 6.45) is 15.5. The molecule has 0 saturated carbocycles. The number of para-hydroxylation sites is 1. The van der Waals surface area contributed by atoms with Crippen molar-refractivity contribution < 1.29 is 4.74 Å². The van der Waals surface area contributed by atoms with Gasteiger partial charge in [-0.05, 0) is 77.7 Å². The molecule has 0 saturated heterocycles. The van der Waals surface area contributed by atoms with Crippen molar-refractivity contribution in [2.45, 2.75) is 6.42 Å². The van der Waals surface area contributed by atoms with Gasteiger partial charge < -0.3 is 9.30 Å². The summed E-state index contributed by atoms with van der Waals surface area (Å²) in [7, 11) is 0. The van der Waals surface area contributed by atoms with Gasteiger partial charge in [-0.3, -0.25) is 0 Å². The second kappa shape index (κ2) is 9.02. The number of aromatic nitrogens is 3. The van der Waals surface area contributed by atoms with Crippen LogP contribution in [0.4, 0.5) is 0 Å². The summed E-state index contributed by atoms with van der Waals surface area (Å²) < 4.78 is 8.74. The molecule has 6 aromatic rings. The monoisotopic (exact) mass is 539 g/mol. The topological polar surface area (TPSA) is 39.9 Å². The second-order valence-electron chi connectivity index (χ2n) is 11.0. The Morgan fingerprint density at radius 1 is 0.786 bits per heavy atom. The second-order valence-corrected chi connectivity index (χ2v) is 11.0. The van der Waals surface area contributed by atoms with Crippen LogP contribution in [0.2, 0.25) is 0 Å². The van der Waals surface area contributed by atoms with E-state index in [9.17, 15) is 0 Å². The van der Waals surface area contributed by atoms with E-state index < -0.39 is 0 Å². The van der Waals surface area contributed by atoms with E-state index in [1.54, 1.807) is 12.5 Å². The van der Waals surface area contributed by atoms with Gasteiger partial charge in [0, 0.05) is 45.3 Å². The van der Waals surface area contributed by atoms with Crippen LogP contribution in [0, 0.1) is 5.92 Å². The van der Waals surface area contributed by atoms with Crippen LogP contribution >= 0.6 is 0 Å². The zero-order valence-corrected chi connectivity index (χ0v) is 22.7.